The maximum atomic E-state index is 13.1. The molecule has 2 aromatic heterocycles. The highest BCUT2D eigenvalue weighted by molar-refractivity contribution is 5.85. The average molecular weight is 448 g/mol. The van der Waals surface area contributed by atoms with Gasteiger partial charge in [-0.05, 0) is 32.4 Å². The molecule has 0 saturated carbocycles. The van der Waals surface area contributed by atoms with Crippen molar-refractivity contribution < 1.29 is 23.1 Å². The second kappa shape index (κ2) is 7.90. The van der Waals surface area contributed by atoms with Crippen molar-refractivity contribution in [3.05, 3.63) is 52.8 Å². The van der Waals surface area contributed by atoms with Crippen molar-refractivity contribution in [1.82, 2.24) is 14.6 Å². The molecule has 2 heterocycles. The highest BCUT2D eigenvalue weighted by Gasteiger charge is 2.40. The molecular weight excluding hydrogens is 419 g/mol. The molecule has 0 bridgehead atoms. The number of nitrogens with zero attached hydrogens (tertiary/aromatic N) is 3. The van der Waals surface area contributed by atoms with Gasteiger partial charge in [0.15, 0.2) is 5.65 Å². The van der Waals surface area contributed by atoms with Crippen LogP contribution in [0.25, 0.3) is 16.9 Å². The number of aryl methyl sites for hydroxylation is 1. The first-order valence-corrected chi connectivity index (χ1v) is 10.5. The van der Waals surface area contributed by atoms with Crippen LogP contribution >= 0.6 is 0 Å². The zero-order valence-electron chi connectivity index (χ0n) is 19.1. The molecule has 0 aliphatic carbocycles. The van der Waals surface area contributed by atoms with Crippen LogP contribution in [0.5, 0.6) is 0 Å². The number of aliphatic carboxylic acids is 1. The predicted octanol–water partition coefficient (Wildman–Crippen LogP) is 6.16. The van der Waals surface area contributed by atoms with Crippen molar-refractivity contribution in [2.75, 3.05) is 0 Å². The SMILES string of the molecule is CCCC(C)(C(=O)O)c1c(C)nc2cc(C(C)(C)C)nn2c1-c1ccc(C(F)(F)F)cc1. The van der Waals surface area contributed by atoms with Crippen LogP contribution in [0.15, 0.2) is 30.3 Å². The quantitative estimate of drug-likeness (QED) is 0.508. The molecule has 32 heavy (non-hydrogen) atoms. The van der Waals surface area contributed by atoms with E-state index in [1.807, 2.05) is 33.8 Å². The minimum absolute atomic E-state index is 0.293. The molecule has 0 aliphatic heterocycles. The van der Waals surface area contributed by atoms with Gasteiger partial charge in [0.25, 0.3) is 0 Å². The van der Waals surface area contributed by atoms with Gasteiger partial charge in [0.05, 0.1) is 22.4 Å². The van der Waals surface area contributed by atoms with E-state index in [1.165, 1.54) is 12.1 Å². The number of carbonyl (C=O) groups is 1. The van der Waals surface area contributed by atoms with Gasteiger partial charge < -0.3 is 5.11 Å². The molecule has 0 amide bonds. The first kappa shape index (κ1) is 23.8. The standard InChI is InChI=1S/C24H28F3N3O2/c1-7-12-23(6,21(31)32)19-14(2)28-18-13-17(22(3,4)5)29-30(18)20(19)15-8-10-16(11-9-15)24(25,26)27/h8-11,13H,7,12H2,1-6H3,(H,31,32). The number of carboxylic acid groups (broad SMARTS) is 1. The molecule has 0 aliphatic rings. The number of halogens is 3. The zero-order valence-corrected chi connectivity index (χ0v) is 19.1. The normalized spacial score (nSPS) is 14.5. The lowest BCUT2D eigenvalue weighted by Gasteiger charge is -2.29. The van der Waals surface area contributed by atoms with Crippen LogP contribution in [0.3, 0.4) is 0 Å². The first-order valence-electron chi connectivity index (χ1n) is 10.5. The van der Waals surface area contributed by atoms with E-state index in [-0.39, 0.29) is 5.41 Å². The van der Waals surface area contributed by atoms with Crippen molar-refractivity contribution in [2.24, 2.45) is 0 Å². The van der Waals surface area contributed by atoms with Crippen molar-refractivity contribution in [2.45, 2.75) is 71.4 Å². The molecule has 0 radical (unpaired) electrons. The third-order valence-electron chi connectivity index (χ3n) is 5.81. The topological polar surface area (TPSA) is 67.5 Å². The minimum atomic E-state index is -4.46. The molecule has 0 fully saturated rings. The Balaban J connectivity index is 2.43. The van der Waals surface area contributed by atoms with Gasteiger partial charge in [0.1, 0.15) is 0 Å². The minimum Gasteiger partial charge on any atom is -0.481 e. The van der Waals surface area contributed by atoms with Crippen LogP contribution in [0, 0.1) is 6.92 Å². The number of benzene rings is 1. The summed E-state index contributed by atoms with van der Waals surface area (Å²) in [6.45, 7) is 11.3. The first-order chi connectivity index (χ1) is 14.7. The second-order valence-corrected chi connectivity index (χ2v) is 9.43. The van der Waals surface area contributed by atoms with Crippen LogP contribution in [0.2, 0.25) is 0 Å². The number of rotatable bonds is 5. The van der Waals surface area contributed by atoms with Crippen LogP contribution in [0.4, 0.5) is 13.2 Å². The van der Waals surface area contributed by atoms with E-state index in [0.29, 0.717) is 41.0 Å². The van der Waals surface area contributed by atoms with Gasteiger partial charge in [-0.15, -0.1) is 0 Å². The van der Waals surface area contributed by atoms with E-state index in [0.717, 1.165) is 17.8 Å². The highest BCUT2D eigenvalue weighted by Crippen LogP contribution is 2.40. The van der Waals surface area contributed by atoms with Gasteiger partial charge in [0, 0.05) is 28.3 Å². The van der Waals surface area contributed by atoms with Crippen molar-refractivity contribution >= 4 is 11.6 Å². The summed E-state index contributed by atoms with van der Waals surface area (Å²) in [5, 5.41) is 14.9. The summed E-state index contributed by atoms with van der Waals surface area (Å²) in [5.74, 6) is -1.01. The third kappa shape index (κ3) is 4.10. The lowest BCUT2D eigenvalue weighted by atomic mass is 9.76. The second-order valence-electron chi connectivity index (χ2n) is 9.43. The number of hydrogen-bond donors (Lipinski definition) is 1. The fourth-order valence-electron chi connectivity index (χ4n) is 4.07. The third-order valence-corrected chi connectivity index (χ3v) is 5.81. The van der Waals surface area contributed by atoms with Crippen molar-refractivity contribution in [3.8, 4) is 11.3 Å². The number of alkyl halides is 3. The molecular formula is C24H28F3N3O2. The monoisotopic (exact) mass is 447 g/mol. The summed E-state index contributed by atoms with van der Waals surface area (Å²) in [6, 6.07) is 6.59. The fourth-order valence-corrected chi connectivity index (χ4v) is 4.07. The van der Waals surface area contributed by atoms with E-state index < -0.39 is 23.1 Å². The summed E-state index contributed by atoms with van der Waals surface area (Å²) in [7, 11) is 0. The molecule has 1 aromatic carbocycles. The number of carboxylic acids is 1. The lowest BCUT2D eigenvalue weighted by molar-refractivity contribution is -0.143. The van der Waals surface area contributed by atoms with Crippen molar-refractivity contribution in [1.29, 1.82) is 0 Å². The Labute approximate surface area is 185 Å². The van der Waals surface area contributed by atoms with E-state index >= 15 is 0 Å². The number of hydrogen-bond acceptors (Lipinski definition) is 3. The van der Waals surface area contributed by atoms with Gasteiger partial charge in [-0.25, -0.2) is 9.50 Å². The maximum absolute atomic E-state index is 13.1. The predicted molar refractivity (Wildman–Crippen MR) is 117 cm³/mol. The number of aromatic nitrogens is 3. The lowest BCUT2D eigenvalue weighted by Crippen LogP contribution is -2.35. The zero-order chi connectivity index (χ0) is 24.1. The Morgan fingerprint density at radius 3 is 2.16 bits per heavy atom. The summed E-state index contributed by atoms with van der Waals surface area (Å²) >= 11 is 0. The molecule has 0 saturated heterocycles. The molecule has 0 spiro atoms. The van der Waals surface area contributed by atoms with E-state index in [9.17, 15) is 23.1 Å². The summed E-state index contributed by atoms with van der Waals surface area (Å²) in [4.78, 5) is 17.1. The summed E-state index contributed by atoms with van der Waals surface area (Å²) in [5.41, 5.74) is 0.817. The Bertz CT molecular complexity index is 1160. The Kier molecular flexibility index (Phi) is 5.87. The van der Waals surface area contributed by atoms with E-state index in [2.05, 4.69) is 4.98 Å². The molecule has 8 heteroatoms. The molecule has 3 rings (SSSR count). The van der Waals surface area contributed by atoms with Crippen LogP contribution < -0.4 is 0 Å². The maximum Gasteiger partial charge on any atom is 0.416 e. The van der Waals surface area contributed by atoms with Gasteiger partial charge in [-0.1, -0.05) is 46.2 Å². The Hall–Kier alpha value is -2.90. The average Bonchev–Trinajstić information content (AvgIpc) is 3.10. The molecule has 172 valence electrons. The molecule has 3 aromatic rings. The molecule has 1 atom stereocenters. The van der Waals surface area contributed by atoms with Crippen molar-refractivity contribution in [3.63, 3.8) is 0 Å². The van der Waals surface area contributed by atoms with Gasteiger partial charge in [-0.2, -0.15) is 18.3 Å². The Morgan fingerprint density at radius 2 is 1.69 bits per heavy atom. The van der Waals surface area contributed by atoms with Crippen LogP contribution in [-0.2, 0) is 21.8 Å². The summed E-state index contributed by atoms with van der Waals surface area (Å²) < 4.78 is 41.0. The van der Waals surface area contributed by atoms with E-state index in [4.69, 9.17) is 5.10 Å². The largest absolute Gasteiger partial charge is 0.481 e. The van der Waals surface area contributed by atoms with Gasteiger partial charge >= 0.3 is 12.1 Å². The smallest absolute Gasteiger partial charge is 0.416 e. The van der Waals surface area contributed by atoms with Crippen LogP contribution in [0.1, 0.15) is 70.0 Å². The molecule has 1 unspecified atom stereocenters. The van der Waals surface area contributed by atoms with Gasteiger partial charge in [0.2, 0.25) is 0 Å². The number of fused-ring (bicyclic) bond motifs is 1. The fraction of sp³-hybridized carbons (Fsp3) is 0.458. The van der Waals surface area contributed by atoms with Crippen LogP contribution in [-0.4, -0.2) is 25.7 Å². The molecule has 5 nitrogen and oxygen atoms in total. The summed E-state index contributed by atoms with van der Waals surface area (Å²) in [6.07, 6.45) is -3.51. The molecule has 1 N–H and O–H groups in total. The van der Waals surface area contributed by atoms with Gasteiger partial charge in [-0.3, -0.25) is 4.79 Å². The van der Waals surface area contributed by atoms with E-state index in [1.54, 1.807) is 18.4 Å². The Morgan fingerprint density at radius 1 is 1.09 bits per heavy atom. The highest BCUT2D eigenvalue weighted by atomic mass is 19.4.